The van der Waals surface area contributed by atoms with Gasteiger partial charge in [-0.05, 0) is 25.5 Å². The number of carbonyl (C=O) groups excluding carboxylic acids is 1. The van der Waals surface area contributed by atoms with Crippen LogP contribution in [0.25, 0.3) is 5.70 Å². The lowest BCUT2D eigenvalue weighted by atomic mass is 10.1. The van der Waals surface area contributed by atoms with Gasteiger partial charge in [0.2, 0.25) is 0 Å². The number of aryl methyl sites for hydroxylation is 1. The van der Waals surface area contributed by atoms with E-state index in [1.807, 2.05) is 31.2 Å². The Labute approximate surface area is 96.1 Å². The zero-order valence-electron chi connectivity index (χ0n) is 9.91. The van der Waals surface area contributed by atoms with Gasteiger partial charge in [0, 0.05) is 5.70 Å². The molecule has 1 aromatic carbocycles. The van der Waals surface area contributed by atoms with Crippen LogP contribution in [0.4, 0.5) is 0 Å². The number of methoxy groups -OCH3 is 1. The highest BCUT2D eigenvalue weighted by atomic mass is 16.5. The largest absolute Gasteiger partial charge is 0.467 e. The number of hydrogen-bond acceptors (Lipinski definition) is 3. The molecule has 86 valence electrons. The van der Waals surface area contributed by atoms with Crippen LogP contribution < -0.4 is 5.32 Å². The van der Waals surface area contributed by atoms with E-state index in [4.69, 9.17) is 0 Å². The molecule has 0 fully saturated rings. The minimum absolute atomic E-state index is 0.297. The lowest BCUT2D eigenvalue weighted by Gasteiger charge is -2.15. The van der Waals surface area contributed by atoms with Crippen molar-refractivity contribution in [3.8, 4) is 0 Å². The molecule has 0 spiro atoms. The molecule has 1 unspecified atom stereocenters. The number of hydrogen-bond donors (Lipinski definition) is 1. The second kappa shape index (κ2) is 5.35. The number of carbonyl (C=O) groups is 1. The van der Waals surface area contributed by atoms with Gasteiger partial charge >= 0.3 is 5.97 Å². The summed E-state index contributed by atoms with van der Waals surface area (Å²) in [7, 11) is 1.37. The Morgan fingerprint density at radius 1 is 1.50 bits per heavy atom. The van der Waals surface area contributed by atoms with Crippen LogP contribution >= 0.6 is 0 Å². The average Bonchev–Trinajstić information content (AvgIpc) is 2.27. The van der Waals surface area contributed by atoms with E-state index in [1.165, 1.54) is 7.11 Å². The predicted molar refractivity (Wildman–Crippen MR) is 64.8 cm³/mol. The molecule has 0 bridgehead atoms. The molecular weight excluding hydrogens is 202 g/mol. The monoisotopic (exact) mass is 219 g/mol. The van der Waals surface area contributed by atoms with Gasteiger partial charge in [-0.25, -0.2) is 4.79 Å². The Bertz CT molecular complexity index is 399. The second-order valence-electron chi connectivity index (χ2n) is 3.74. The molecule has 16 heavy (non-hydrogen) atoms. The van der Waals surface area contributed by atoms with E-state index < -0.39 is 6.04 Å². The van der Waals surface area contributed by atoms with Gasteiger partial charge < -0.3 is 10.1 Å². The van der Waals surface area contributed by atoms with Crippen molar-refractivity contribution in [2.75, 3.05) is 7.11 Å². The quantitative estimate of drug-likeness (QED) is 0.788. The molecule has 3 nitrogen and oxygen atoms in total. The average molecular weight is 219 g/mol. The summed E-state index contributed by atoms with van der Waals surface area (Å²) in [6.07, 6.45) is 0. The molecular formula is C13H17NO2. The van der Waals surface area contributed by atoms with Crippen LogP contribution in [-0.4, -0.2) is 19.1 Å². The van der Waals surface area contributed by atoms with Crippen LogP contribution in [0, 0.1) is 6.92 Å². The maximum atomic E-state index is 11.2. The number of ether oxygens (including phenoxy) is 1. The van der Waals surface area contributed by atoms with Gasteiger partial charge in [0.15, 0.2) is 0 Å². The molecule has 1 rings (SSSR count). The highest BCUT2D eigenvalue weighted by Crippen LogP contribution is 2.12. The first-order valence-corrected chi connectivity index (χ1v) is 5.15. The van der Waals surface area contributed by atoms with Crippen molar-refractivity contribution in [2.45, 2.75) is 19.9 Å². The summed E-state index contributed by atoms with van der Waals surface area (Å²) in [5, 5.41) is 3.01. The highest BCUT2D eigenvalue weighted by molar-refractivity contribution is 5.78. The summed E-state index contributed by atoms with van der Waals surface area (Å²) >= 11 is 0. The molecule has 1 atom stereocenters. The van der Waals surface area contributed by atoms with Crippen LogP contribution in [-0.2, 0) is 9.53 Å². The molecule has 0 heterocycles. The molecule has 1 N–H and O–H groups in total. The fraction of sp³-hybridized carbons (Fsp3) is 0.308. The van der Waals surface area contributed by atoms with E-state index in [0.29, 0.717) is 0 Å². The summed E-state index contributed by atoms with van der Waals surface area (Å²) in [6, 6.07) is 7.55. The number of rotatable bonds is 4. The molecule has 0 amide bonds. The van der Waals surface area contributed by atoms with Crippen molar-refractivity contribution in [3.05, 3.63) is 42.0 Å². The standard InChI is InChI=1S/C13H17NO2/c1-9-6-5-7-12(8-9)10(2)14-11(3)13(15)16-4/h5-8,11,14H,2H2,1,3-4H3. The third kappa shape index (κ3) is 3.12. The van der Waals surface area contributed by atoms with Gasteiger partial charge in [-0.15, -0.1) is 0 Å². The van der Waals surface area contributed by atoms with Crippen molar-refractivity contribution in [1.82, 2.24) is 5.32 Å². The molecule has 0 aliphatic rings. The Kier molecular flexibility index (Phi) is 4.11. The van der Waals surface area contributed by atoms with Crippen molar-refractivity contribution >= 4 is 11.7 Å². The summed E-state index contributed by atoms with van der Waals surface area (Å²) in [5.74, 6) is -0.297. The summed E-state index contributed by atoms with van der Waals surface area (Å²) in [6.45, 7) is 7.66. The summed E-state index contributed by atoms with van der Waals surface area (Å²) in [4.78, 5) is 11.2. The number of esters is 1. The molecule has 0 radical (unpaired) electrons. The topological polar surface area (TPSA) is 38.3 Å². The van der Waals surface area contributed by atoms with E-state index in [2.05, 4.69) is 16.6 Å². The Morgan fingerprint density at radius 2 is 2.19 bits per heavy atom. The smallest absolute Gasteiger partial charge is 0.327 e. The SMILES string of the molecule is C=C(NC(C)C(=O)OC)c1cccc(C)c1. The van der Waals surface area contributed by atoms with Crippen molar-refractivity contribution in [1.29, 1.82) is 0 Å². The normalized spacial score (nSPS) is 11.7. The fourth-order valence-corrected chi connectivity index (χ4v) is 1.41. The molecule has 0 aromatic heterocycles. The zero-order chi connectivity index (χ0) is 12.1. The predicted octanol–water partition coefficient (Wildman–Crippen LogP) is 2.12. The van der Waals surface area contributed by atoms with Crippen LogP contribution in [0.1, 0.15) is 18.1 Å². The Balaban J connectivity index is 2.69. The van der Waals surface area contributed by atoms with Crippen molar-refractivity contribution in [2.24, 2.45) is 0 Å². The van der Waals surface area contributed by atoms with Crippen LogP contribution in [0.3, 0.4) is 0 Å². The van der Waals surface area contributed by atoms with Gasteiger partial charge in [0.1, 0.15) is 6.04 Å². The highest BCUT2D eigenvalue weighted by Gasteiger charge is 2.13. The van der Waals surface area contributed by atoms with Gasteiger partial charge in [-0.3, -0.25) is 0 Å². The second-order valence-corrected chi connectivity index (χ2v) is 3.74. The van der Waals surface area contributed by atoms with E-state index in [9.17, 15) is 4.79 Å². The summed E-state index contributed by atoms with van der Waals surface area (Å²) < 4.78 is 4.63. The maximum absolute atomic E-state index is 11.2. The zero-order valence-corrected chi connectivity index (χ0v) is 9.91. The van der Waals surface area contributed by atoms with Crippen molar-refractivity contribution < 1.29 is 9.53 Å². The lowest BCUT2D eigenvalue weighted by Crippen LogP contribution is -2.33. The van der Waals surface area contributed by atoms with Crippen LogP contribution in [0.2, 0.25) is 0 Å². The number of benzene rings is 1. The number of nitrogens with one attached hydrogen (secondary N) is 1. The van der Waals surface area contributed by atoms with E-state index in [-0.39, 0.29) is 5.97 Å². The molecule has 1 aromatic rings. The Morgan fingerprint density at radius 3 is 2.75 bits per heavy atom. The molecule has 3 heteroatoms. The van der Waals surface area contributed by atoms with Gasteiger partial charge in [-0.1, -0.05) is 30.3 Å². The first-order valence-electron chi connectivity index (χ1n) is 5.15. The Hall–Kier alpha value is -1.77. The van der Waals surface area contributed by atoms with Crippen LogP contribution in [0.15, 0.2) is 30.8 Å². The van der Waals surface area contributed by atoms with E-state index >= 15 is 0 Å². The first-order chi connectivity index (χ1) is 7.54. The van der Waals surface area contributed by atoms with Crippen molar-refractivity contribution in [3.63, 3.8) is 0 Å². The van der Waals surface area contributed by atoms with Gasteiger partial charge in [-0.2, -0.15) is 0 Å². The minimum Gasteiger partial charge on any atom is -0.467 e. The molecule has 0 aliphatic carbocycles. The minimum atomic E-state index is -0.391. The van der Waals surface area contributed by atoms with Gasteiger partial charge in [0.05, 0.1) is 7.11 Å². The third-order valence-electron chi connectivity index (χ3n) is 2.31. The fourth-order valence-electron chi connectivity index (χ4n) is 1.41. The molecule has 0 saturated carbocycles. The molecule has 0 saturated heterocycles. The molecule has 0 aliphatic heterocycles. The van der Waals surface area contributed by atoms with E-state index in [0.717, 1.165) is 16.8 Å². The maximum Gasteiger partial charge on any atom is 0.327 e. The van der Waals surface area contributed by atoms with Gasteiger partial charge in [0.25, 0.3) is 0 Å². The third-order valence-corrected chi connectivity index (χ3v) is 2.31. The van der Waals surface area contributed by atoms with Crippen LogP contribution in [0.5, 0.6) is 0 Å². The first kappa shape index (κ1) is 12.3. The van der Waals surface area contributed by atoms with E-state index in [1.54, 1.807) is 6.92 Å². The summed E-state index contributed by atoms with van der Waals surface area (Å²) in [5.41, 5.74) is 2.86. The lowest BCUT2D eigenvalue weighted by molar-refractivity contribution is -0.142.